The van der Waals surface area contributed by atoms with Crippen LogP contribution in [0.4, 0.5) is 5.69 Å². The molecule has 0 spiro atoms. The van der Waals surface area contributed by atoms with E-state index in [1.165, 1.54) is 6.92 Å². The van der Waals surface area contributed by atoms with E-state index < -0.39 is 18.0 Å². The number of rotatable bonds is 5. The predicted molar refractivity (Wildman–Crippen MR) is 102 cm³/mol. The van der Waals surface area contributed by atoms with Gasteiger partial charge in [0.25, 0.3) is 5.91 Å². The van der Waals surface area contributed by atoms with Gasteiger partial charge in [0.15, 0.2) is 6.10 Å². The van der Waals surface area contributed by atoms with Crippen LogP contribution < -0.4 is 10.1 Å². The summed E-state index contributed by atoms with van der Waals surface area (Å²) in [6, 6.07) is 12.0. The number of furan rings is 1. The molecule has 1 heterocycles. The summed E-state index contributed by atoms with van der Waals surface area (Å²) in [5, 5.41) is 3.77. The minimum atomic E-state index is -1.03. The van der Waals surface area contributed by atoms with Crippen LogP contribution in [0, 0.1) is 6.92 Å². The normalized spacial score (nSPS) is 11.9. The Morgan fingerprint density at radius 3 is 2.63 bits per heavy atom. The molecule has 27 heavy (non-hydrogen) atoms. The van der Waals surface area contributed by atoms with Crippen LogP contribution in [-0.4, -0.2) is 25.1 Å². The van der Waals surface area contributed by atoms with E-state index >= 15 is 0 Å². The first-order valence-electron chi connectivity index (χ1n) is 8.24. The molecule has 0 saturated carbocycles. The number of hydrogen-bond acceptors (Lipinski definition) is 5. The Morgan fingerprint density at radius 2 is 1.93 bits per heavy atom. The average Bonchev–Trinajstić information content (AvgIpc) is 2.99. The summed E-state index contributed by atoms with van der Waals surface area (Å²) < 4.78 is 16.0. The lowest BCUT2D eigenvalue weighted by Gasteiger charge is -2.13. The zero-order chi connectivity index (χ0) is 19.6. The van der Waals surface area contributed by atoms with Gasteiger partial charge in [-0.2, -0.15) is 0 Å². The third-order valence-electron chi connectivity index (χ3n) is 4.11. The van der Waals surface area contributed by atoms with Crippen molar-refractivity contribution in [2.45, 2.75) is 20.0 Å². The molecule has 1 aromatic heterocycles. The molecule has 1 atom stereocenters. The van der Waals surface area contributed by atoms with Crippen molar-refractivity contribution in [1.82, 2.24) is 0 Å². The number of carbonyl (C=O) groups is 2. The molecular weight excluding hydrogens is 370 g/mol. The molecule has 7 heteroatoms. The molecule has 0 bridgehead atoms. The van der Waals surface area contributed by atoms with Crippen molar-refractivity contribution < 1.29 is 23.5 Å². The Hall–Kier alpha value is -2.99. The summed E-state index contributed by atoms with van der Waals surface area (Å²) in [7, 11) is 1.56. The zero-order valence-corrected chi connectivity index (χ0v) is 15.8. The Labute approximate surface area is 161 Å². The lowest BCUT2D eigenvalue weighted by molar-refractivity contribution is -0.123. The Balaban J connectivity index is 1.74. The number of anilines is 1. The van der Waals surface area contributed by atoms with E-state index in [0.29, 0.717) is 27.6 Å². The first kappa shape index (κ1) is 18.8. The van der Waals surface area contributed by atoms with E-state index in [0.717, 1.165) is 5.39 Å². The first-order valence-corrected chi connectivity index (χ1v) is 8.62. The minimum Gasteiger partial charge on any atom is -0.497 e. The van der Waals surface area contributed by atoms with Gasteiger partial charge in [-0.15, -0.1) is 0 Å². The smallest absolute Gasteiger partial charge is 0.375 e. The number of nitrogens with one attached hydrogen (secondary N) is 1. The molecule has 0 fully saturated rings. The van der Waals surface area contributed by atoms with E-state index in [1.54, 1.807) is 56.5 Å². The number of methoxy groups -OCH3 is 1. The van der Waals surface area contributed by atoms with Gasteiger partial charge in [0.2, 0.25) is 5.76 Å². The van der Waals surface area contributed by atoms with E-state index in [-0.39, 0.29) is 5.76 Å². The molecule has 0 aliphatic rings. The molecular formula is C20H18ClNO5. The number of benzene rings is 2. The van der Waals surface area contributed by atoms with Crippen LogP contribution in [0.1, 0.15) is 23.0 Å². The van der Waals surface area contributed by atoms with Crippen molar-refractivity contribution in [2.24, 2.45) is 0 Å². The van der Waals surface area contributed by atoms with Gasteiger partial charge in [0, 0.05) is 10.9 Å². The molecule has 0 saturated heterocycles. The number of halogens is 1. The largest absolute Gasteiger partial charge is 0.497 e. The van der Waals surface area contributed by atoms with Crippen molar-refractivity contribution in [3.63, 3.8) is 0 Å². The van der Waals surface area contributed by atoms with Gasteiger partial charge >= 0.3 is 5.97 Å². The van der Waals surface area contributed by atoms with E-state index in [9.17, 15) is 9.59 Å². The summed E-state index contributed by atoms with van der Waals surface area (Å²) >= 11 is 6.02. The van der Waals surface area contributed by atoms with Gasteiger partial charge in [0.05, 0.1) is 17.8 Å². The summed E-state index contributed by atoms with van der Waals surface area (Å²) in [4.78, 5) is 24.7. The molecule has 3 aromatic rings. The number of ether oxygens (including phenoxy) is 2. The van der Waals surface area contributed by atoms with Crippen molar-refractivity contribution in [1.29, 1.82) is 0 Å². The monoisotopic (exact) mass is 387 g/mol. The summed E-state index contributed by atoms with van der Waals surface area (Å²) in [6.45, 7) is 3.22. The van der Waals surface area contributed by atoms with Crippen LogP contribution in [0.25, 0.3) is 11.0 Å². The van der Waals surface area contributed by atoms with Crippen molar-refractivity contribution >= 4 is 40.1 Å². The van der Waals surface area contributed by atoms with Crippen molar-refractivity contribution in [3.05, 3.63) is 58.8 Å². The van der Waals surface area contributed by atoms with Gasteiger partial charge in [-0.05, 0) is 44.2 Å². The van der Waals surface area contributed by atoms with Crippen LogP contribution in [0.2, 0.25) is 5.02 Å². The number of para-hydroxylation sites is 1. The molecule has 2 aromatic carbocycles. The van der Waals surface area contributed by atoms with Gasteiger partial charge in [0.1, 0.15) is 11.3 Å². The quantitative estimate of drug-likeness (QED) is 0.648. The number of esters is 1. The second kappa shape index (κ2) is 7.72. The molecule has 0 aliphatic heterocycles. The molecule has 6 nitrogen and oxygen atoms in total. The zero-order valence-electron chi connectivity index (χ0n) is 15.0. The standard InChI is InChI=1S/C20H18ClNO5/c1-11-14-10-13(25-3)8-9-17(14)27-18(11)20(24)26-12(2)19(23)22-16-7-5-4-6-15(16)21/h4-10,12H,1-3H3,(H,22,23). The minimum absolute atomic E-state index is 0.0515. The van der Waals surface area contributed by atoms with Gasteiger partial charge in [-0.1, -0.05) is 23.7 Å². The average molecular weight is 388 g/mol. The van der Waals surface area contributed by atoms with Crippen LogP contribution in [0.3, 0.4) is 0 Å². The first-order chi connectivity index (χ1) is 12.9. The van der Waals surface area contributed by atoms with E-state index in [1.807, 2.05) is 0 Å². The molecule has 140 valence electrons. The third kappa shape index (κ3) is 3.90. The Morgan fingerprint density at radius 1 is 1.19 bits per heavy atom. The number of amides is 1. The number of fused-ring (bicyclic) bond motifs is 1. The fourth-order valence-corrected chi connectivity index (χ4v) is 2.77. The highest BCUT2D eigenvalue weighted by Gasteiger charge is 2.24. The highest BCUT2D eigenvalue weighted by Crippen LogP contribution is 2.29. The second-order valence-electron chi connectivity index (χ2n) is 5.93. The molecule has 1 N–H and O–H groups in total. The molecule has 0 radical (unpaired) electrons. The van der Waals surface area contributed by atoms with Crippen molar-refractivity contribution in [3.8, 4) is 5.75 Å². The fourth-order valence-electron chi connectivity index (χ4n) is 2.59. The topological polar surface area (TPSA) is 77.8 Å². The molecule has 3 rings (SSSR count). The lowest BCUT2D eigenvalue weighted by Crippen LogP contribution is -2.30. The van der Waals surface area contributed by atoms with E-state index in [2.05, 4.69) is 5.32 Å². The second-order valence-corrected chi connectivity index (χ2v) is 6.34. The fraction of sp³-hybridized carbons (Fsp3) is 0.200. The Kier molecular flexibility index (Phi) is 5.37. The predicted octanol–water partition coefficient (Wildman–Crippen LogP) is 4.59. The van der Waals surface area contributed by atoms with Gasteiger partial charge < -0.3 is 19.2 Å². The highest BCUT2D eigenvalue weighted by molar-refractivity contribution is 6.33. The van der Waals surface area contributed by atoms with E-state index in [4.69, 9.17) is 25.5 Å². The molecule has 1 amide bonds. The van der Waals surface area contributed by atoms with Gasteiger partial charge in [-0.25, -0.2) is 4.79 Å². The maximum absolute atomic E-state index is 12.5. The third-order valence-corrected chi connectivity index (χ3v) is 4.44. The molecule has 0 aliphatic carbocycles. The molecule has 1 unspecified atom stereocenters. The van der Waals surface area contributed by atoms with Crippen LogP contribution in [-0.2, 0) is 9.53 Å². The summed E-state index contributed by atoms with van der Waals surface area (Å²) in [5.74, 6) is -0.509. The lowest BCUT2D eigenvalue weighted by atomic mass is 10.1. The van der Waals surface area contributed by atoms with Crippen LogP contribution in [0.15, 0.2) is 46.9 Å². The van der Waals surface area contributed by atoms with Crippen LogP contribution >= 0.6 is 11.6 Å². The summed E-state index contributed by atoms with van der Waals surface area (Å²) in [6.07, 6.45) is -1.03. The number of aryl methyl sites for hydroxylation is 1. The SMILES string of the molecule is COc1ccc2oc(C(=O)OC(C)C(=O)Nc3ccccc3Cl)c(C)c2c1. The van der Waals surface area contributed by atoms with Crippen molar-refractivity contribution in [2.75, 3.05) is 12.4 Å². The number of carbonyl (C=O) groups excluding carboxylic acids is 2. The maximum atomic E-state index is 12.5. The summed E-state index contributed by atoms with van der Waals surface area (Å²) in [5.41, 5.74) is 1.60. The van der Waals surface area contributed by atoms with Gasteiger partial charge in [-0.3, -0.25) is 4.79 Å². The highest BCUT2D eigenvalue weighted by atomic mass is 35.5. The Bertz CT molecular complexity index is 1010. The maximum Gasteiger partial charge on any atom is 0.375 e. The van der Waals surface area contributed by atoms with Crippen LogP contribution in [0.5, 0.6) is 5.75 Å². The number of hydrogen-bond donors (Lipinski definition) is 1.